The fourth-order valence-corrected chi connectivity index (χ4v) is 3.27. The average molecular weight is 300 g/mol. The van der Waals surface area contributed by atoms with Crippen molar-refractivity contribution in [3.05, 3.63) is 46.7 Å². The van der Waals surface area contributed by atoms with Crippen molar-refractivity contribution in [1.29, 1.82) is 0 Å². The monoisotopic (exact) mass is 300 g/mol. The maximum atomic E-state index is 4.52. The van der Waals surface area contributed by atoms with Crippen molar-refractivity contribution in [3.63, 3.8) is 0 Å². The number of likely N-dealkylation sites (N-methyl/N-ethyl adjacent to an activating group) is 1. The molecule has 3 rings (SSSR count). The molecule has 1 aliphatic rings. The fourth-order valence-electron chi connectivity index (χ4n) is 2.69. The van der Waals surface area contributed by atoms with Crippen molar-refractivity contribution in [1.82, 2.24) is 0 Å². The largest absolute Gasteiger partial charge is 0.360 e. The molecule has 1 aromatic carbocycles. The Morgan fingerprint density at radius 2 is 1.95 bits per heavy atom. The number of hydrogen-bond donors (Lipinski definition) is 1. The highest BCUT2D eigenvalue weighted by atomic mass is 32.1. The highest BCUT2D eigenvalue weighted by Gasteiger charge is 2.18. The van der Waals surface area contributed by atoms with Crippen LogP contribution in [-0.2, 0) is 0 Å². The van der Waals surface area contributed by atoms with Crippen molar-refractivity contribution in [3.8, 4) is 0 Å². The molecular formula is C17H22N3S+. The number of aliphatic imine (C=N–C) groups is 1. The number of hydrogen-bond acceptors (Lipinski definition) is 3. The predicted octanol–water partition coefficient (Wildman–Crippen LogP) is 2.22. The van der Waals surface area contributed by atoms with Crippen LogP contribution in [0.1, 0.15) is 11.8 Å². The summed E-state index contributed by atoms with van der Waals surface area (Å²) in [5, 5.41) is 2.07. The molecule has 1 aliphatic heterocycles. The summed E-state index contributed by atoms with van der Waals surface area (Å²) in [5.41, 5.74) is 2.34. The van der Waals surface area contributed by atoms with Crippen molar-refractivity contribution < 1.29 is 4.90 Å². The number of benzene rings is 1. The second-order valence-corrected chi connectivity index (χ2v) is 6.36. The van der Waals surface area contributed by atoms with Gasteiger partial charge >= 0.3 is 0 Å². The first-order chi connectivity index (χ1) is 10.3. The topological polar surface area (TPSA) is 20.0 Å². The van der Waals surface area contributed by atoms with Gasteiger partial charge in [-0.3, -0.25) is 4.99 Å². The zero-order valence-corrected chi connectivity index (χ0v) is 13.3. The third-order valence-corrected chi connectivity index (χ3v) is 4.88. The Hall–Kier alpha value is -1.65. The van der Waals surface area contributed by atoms with Crippen LogP contribution < -0.4 is 9.80 Å². The van der Waals surface area contributed by atoms with E-state index in [0.29, 0.717) is 0 Å². The molecule has 2 aromatic rings. The maximum absolute atomic E-state index is 4.52. The predicted molar refractivity (Wildman–Crippen MR) is 91.5 cm³/mol. The zero-order valence-electron chi connectivity index (χ0n) is 12.5. The van der Waals surface area contributed by atoms with Gasteiger partial charge in [0.25, 0.3) is 0 Å². The molecule has 1 saturated heterocycles. The molecule has 1 fully saturated rings. The van der Waals surface area contributed by atoms with Gasteiger partial charge in [-0.15, -0.1) is 11.3 Å². The number of rotatable bonds is 4. The van der Waals surface area contributed by atoms with E-state index in [4.69, 9.17) is 0 Å². The Kier molecular flexibility index (Phi) is 4.68. The van der Waals surface area contributed by atoms with Gasteiger partial charge in [0, 0.05) is 16.8 Å². The van der Waals surface area contributed by atoms with Gasteiger partial charge in [0.2, 0.25) is 0 Å². The lowest BCUT2D eigenvalue weighted by Gasteiger charge is -2.33. The van der Waals surface area contributed by atoms with E-state index >= 15 is 0 Å². The first-order valence-corrected chi connectivity index (χ1v) is 8.49. The van der Waals surface area contributed by atoms with Gasteiger partial charge in [-0.1, -0.05) is 6.07 Å². The van der Waals surface area contributed by atoms with Crippen LogP contribution in [0.25, 0.3) is 0 Å². The third-order valence-electron chi connectivity index (χ3n) is 4.07. The molecule has 0 atom stereocenters. The summed E-state index contributed by atoms with van der Waals surface area (Å²) < 4.78 is 0. The minimum absolute atomic E-state index is 1.02. The molecule has 0 bridgehead atoms. The van der Waals surface area contributed by atoms with E-state index in [2.05, 4.69) is 52.5 Å². The molecule has 3 nitrogen and oxygen atoms in total. The third kappa shape index (κ3) is 3.71. The van der Waals surface area contributed by atoms with Crippen LogP contribution in [0.4, 0.5) is 11.4 Å². The van der Waals surface area contributed by atoms with Gasteiger partial charge in [0.15, 0.2) is 0 Å². The number of quaternary nitrogens is 1. The van der Waals surface area contributed by atoms with Gasteiger partial charge in [-0.05, 0) is 42.6 Å². The van der Waals surface area contributed by atoms with E-state index in [1.807, 2.05) is 12.3 Å². The summed E-state index contributed by atoms with van der Waals surface area (Å²) in [6.07, 6.45) is 1.93. The standard InChI is InChI=1S/C17H21N3S/c1-2-19-9-11-20(12-10-19)16-7-5-15(6-8-16)18-14-17-4-3-13-21-17/h3-8,13-14H,2,9-12H2,1H3/p+1. The molecule has 1 N–H and O–H groups in total. The molecule has 110 valence electrons. The van der Waals surface area contributed by atoms with Crippen LogP contribution in [0.3, 0.4) is 0 Å². The minimum Gasteiger partial charge on any atom is -0.360 e. The van der Waals surface area contributed by atoms with Crippen LogP contribution in [0.5, 0.6) is 0 Å². The maximum Gasteiger partial charge on any atom is 0.0949 e. The summed E-state index contributed by atoms with van der Waals surface area (Å²) in [6, 6.07) is 12.7. The Morgan fingerprint density at radius 3 is 2.57 bits per heavy atom. The number of nitrogens with zero attached hydrogens (tertiary/aromatic N) is 2. The van der Waals surface area contributed by atoms with E-state index in [1.54, 1.807) is 16.2 Å². The zero-order chi connectivity index (χ0) is 14.5. The number of piperazine rings is 1. The normalized spacial score (nSPS) is 16.7. The number of thiophene rings is 1. The summed E-state index contributed by atoms with van der Waals surface area (Å²) in [4.78, 5) is 9.91. The van der Waals surface area contributed by atoms with Crippen LogP contribution >= 0.6 is 11.3 Å². The van der Waals surface area contributed by atoms with Crippen molar-refractivity contribution >= 4 is 28.9 Å². The fraction of sp³-hybridized carbons (Fsp3) is 0.353. The second-order valence-electron chi connectivity index (χ2n) is 5.38. The molecule has 0 aliphatic carbocycles. The quantitative estimate of drug-likeness (QED) is 0.859. The van der Waals surface area contributed by atoms with Gasteiger partial charge in [-0.25, -0.2) is 0 Å². The lowest BCUT2D eigenvalue weighted by atomic mass is 10.2. The van der Waals surface area contributed by atoms with E-state index in [0.717, 1.165) is 18.8 Å². The molecule has 4 heteroatoms. The van der Waals surface area contributed by atoms with Crippen molar-refractivity contribution in [2.24, 2.45) is 4.99 Å². The number of nitrogens with one attached hydrogen (secondary N) is 1. The molecule has 0 amide bonds. The van der Waals surface area contributed by atoms with Crippen LogP contribution in [-0.4, -0.2) is 38.9 Å². The first-order valence-electron chi connectivity index (χ1n) is 7.61. The summed E-state index contributed by atoms with van der Waals surface area (Å²) >= 11 is 1.71. The molecular weight excluding hydrogens is 278 g/mol. The van der Waals surface area contributed by atoms with Gasteiger partial charge in [-0.2, -0.15) is 0 Å². The van der Waals surface area contributed by atoms with E-state index < -0.39 is 0 Å². The van der Waals surface area contributed by atoms with Crippen molar-refractivity contribution in [2.45, 2.75) is 6.92 Å². The Morgan fingerprint density at radius 1 is 1.19 bits per heavy atom. The van der Waals surface area contributed by atoms with Gasteiger partial charge in [0.05, 0.1) is 38.4 Å². The molecule has 1 aromatic heterocycles. The SMILES string of the molecule is CC[NH+]1CCN(c2ccc(N=Cc3cccs3)cc2)CC1. The summed E-state index contributed by atoms with van der Waals surface area (Å²) in [6.45, 7) is 8.31. The molecule has 2 heterocycles. The Bertz CT molecular complexity index is 567. The van der Waals surface area contributed by atoms with E-state index in [9.17, 15) is 0 Å². The Balaban J connectivity index is 1.62. The summed E-state index contributed by atoms with van der Waals surface area (Å²) in [7, 11) is 0. The summed E-state index contributed by atoms with van der Waals surface area (Å²) in [5.74, 6) is 0. The average Bonchev–Trinajstić information content (AvgIpc) is 3.07. The Labute approximate surface area is 130 Å². The van der Waals surface area contributed by atoms with Gasteiger partial charge in [0.1, 0.15) is 0 Å². The van der Waals surface area contributed by atoms with E-state index in [1.165, 1.54) is 30.2 Å². The molecule has 0 saturated carbocycles. The van der Waals surface area contributed by atoms with Crippen LogP contribution in [0.2, 0.25) is 0 Å². The molecule has 0 radical (unpaired) electrons. The molecule has 21 heavy (non-hydrogen) atoms. The highest BCUT2D eigenvalue weighted by molar-refractivity contribution is 7.11. The molecule has 0 unspecified atom stereocenters. The molecule has 0 spiro atoms. The number of anilines is 1. The lowest BCUT2D eigenvalue weighted by molar-refractivity contribution is -0.898. The highest BCUT2D eigenvalue weighted by Crippen LogP contribution is 2.20. The van der Waals surface area contributed by atoms with E-state index in [-0.39, 0.29) is 0 Å². The lowest BCUT2D eigenvalue weighted by Crippen LogP contribution is -3.14. The second kappa shape index (κ2) is 6.87. The van der Waals surface area contributed by atoms with Crippen LogP contribution in [0.15, 0.2) is 46.8 Å². The minimum atomic E-state index is 1.02. The smallest absolute Gasteiger partial charge is 0.0949 e. The van der Waals surface area contributed by atoms with Gasteiger partial charge < -0.3 is 9.80 Å². The van der Waals surface area contributed by atoms with Crippen LogP contribution in [0, 0.1) is 0 Å². The van der Waals surface area contributed by atoms with Crippen molar-refractivity contribution in [2.75, 3.05) is 37.6 Å². The first kappa shape index (κ1) is 14.3.